The van der Waals surface area contributed by atoms with Crippen LogP contribution in [0.25, 0.3) is 0 Å². The number of esters is 1. The Morgan fingerprint density at radius 3 is 2.62 bits per heavy atom. The minimum absolute atomic E-state index is 0.0137. The van der Waals surface area contributed by atoms with Crippen LogP contribution in [0.4, 0.5) is 0 Å². The van der Waals surface area contributed by atoms with Crippen LogP contribution in [0.2, 0.25) is 0 Å². The molecular weight excluding hydrogens is 396 g/mol. The molecule has 0 radical (unpaired) electrons. The van der Waals surface area contributed by atoms with E-state index in [1.54, 1.807) is 13.8 Å². The Labute approximate surface area is 161 Å². The third-order valence-corrected chi connectivity index (χ3v) is 5.88. The van der Waals surface area contributed by atoms with E-state index in [0.717, 1.165) is 23.7 Å². The Balaban J connectivity index is 1.78. The number of amides is 1. The van der Waals surface area contributed by atoms with E-state index in [9.17, 15) is 9.59 Å². The van der Waals surface area contributed by atoms with Crippen molar-refractivity contribution in [3.8, 4) is 0 Å². The van der Waals surface area contributed by atoms with Gasteiger partial charge in [0.05, 0.1) is 12.7 Å². The van der Waals surface area contributed by atoms with Crippen LogP contribution in [0.1, 0.15) is 56.9 Å². The lowest BCUT2D eigenvalue weighted by Gasteiger charge is -2.42. The smallest absolute Gasteiger partial charge is 0.339 e. The van der Waals surface area contributed by atoms with Crippen molar-refractivity contribution in [2.24, 2.45) is 0 Å². The molecule has 3 rings (SSSR count). The van der Waals surface area contributed by atoms with Gasteiger partial charge in [0.25, 0.3) is 5.91 Å². The summed E-state index contributed by atoms with van der Waals surface area (Å²) < 4.78 is 5.85. The van der Waals surface area contributed by atoms with Crippen LogP contribution in [0.5, 0.6) is 0 Å². The number of carbonyl (C=O) groups excluding carboxylic acids is 2. The number of aryl methyl sites for hydroxylation is 1. The molecule has 1 aliphatic carbocycles. The summed E-state index contributed by atoms with van der Waals surface area (Å²) in [6.07, 6.45) is 3.27. The van der Waals surface area contributed by atoms with Gasteiger partial charge in [-0.2, -0.15) is 0 Å². The van der Waals surface area contributed by atoms with Gasteiger partial charge in [0, 0.05) is 22.1 Å². The van der Waals surface area contributed by atoms with Gasteiger partial charge in [-0.3, -0.25) is 4.79 Å². The highest BCUT2D eigenvalue weighted by Crippen LogP contribution is 2.43. The van der Waals surface area contributed by atoms with E-state index in [2.05, 4.69) is 38.4 Å². The Morgan fingerprint density at radius 1 is 1.31 bits per heavy atom. The summed E-state index contributed by atoms with van der Waals surface area (Å²) in [5.41, 5.74) is 3.35. The molecule has 1 heterocycles. The van der Waals surface area contributed by atoms with Crippen molar-refractivity contribution in [3.05, 3.63) is 56.8 Å². The van der Waals surface area contributed by atoms with Crippen LogP contribution in [-0.4, -0.2) is 30.5 Å². The highest BCUT2D eigenvalue weighted by atomic mass is 79.9. The van der Waals surface area contributed by atoms with Crippen molar-refractivity contribution < 1.29 is 14.3 Å². The SMILES string of the molecule is COC(=O)c1c(C)[nH]c(C(=O)NCC2(c3cccc(Br)c3)CCC2)c1C. The van der Waals surface area contributed by atoms with Gasteiger partial charge in [0.1, 0.15) is 5.69 Å². The van der Waals surface area contributed by atoms with Crippen LogP contribution in [-0.2, 0) is 10.2 Å². The lowest BCUT2D eigenvalue weighted by atomic mass is 9.64. The van der Waals surface area contributed by atoms with Crippen LogP contribution in [0.3, 0.4) is 0 Å². The highest BCUT2D eigenvalue weighted by Gasteiger charge is 2.39. The number of aromatic nitrogens is 1. The molecule has 1 aromatic heterocycles. The fourth-order valence-electron chi connectivity index (χ4n) is 3.71. The largest absolute Gasteiger partial charge is 0.465 e. The zero-order valence-corrected chi connectivity index (χ0v) is 16.8. The zero-order valence-electron chi connectivity index (χ0n) is 15.2. The Kier molecular flexibility index (Phi) is 5.23. The maximum Gasteiger partial charge on any atom is 0.339 e. The van der Waals surface area contributed by atoms with E-state index in [1.807, 2.05) is 12.1 Å². The van der Waals surface area contributed by atoms with Gasteiger partial charge in [-0.1, -0.05) is 34.5 Å². The van der Waals surface area contributed by atoms with Gasteiger partial charge < -0.3 is 15.0 Å². The van der Waals surface area contributed by atoms with Crippen LogP contribution in [0, 0.1) is 13.8 Å². The minimum Gasteiger partial charge on any atom is -0.465 e. The van der Waals surface area contributed by atoms with E-state index >= 15 is 0 Å². The molecule has 1 aromatic carbocycles. The number of carbonyl (C=O) groups is 2. The first kappa shape index (κ1) is 18.7. The number of H-pyrrole nitrogens is 1. The molecule has 0 spiro atoms. The molecule has 1 saturated carbocycles. The summed E-state index contributed by atoms with van der Waals surface area (Å²) in [5, 5.41) is 3.06. The van der Waals surface area contributed by atoms with Crippen molar-refractivity contribution in [2.75, 3.05) is 13.7 Å². The molecule has 138 valence electrons. The first-order chi connectivity index (χ1) is 12.4. The molecule has 0 unspecified atom stereocenters. The van der Waals surface area contributed by atoms with Gasteiger partial charge >= 0.3 is 5.97 Å². The maximum atomic E-state index is 12.7. The van der Waals surface area contributed by atoms with Gasteiger partial charge in [-0.15, -0.1) is 0 Å². The number of benzene rings is 1. The average molecular weight is 419 g/mol. The predicted octanol–water partition coefficient (Wildman–Crippen LogP) is 4.03. The van der Waals surface area contributed by atoms with Gasteiger partial charge in [-0.05, 0) is 49.9 Å². The third kappa shape index (κ3) is 3.30. The lowest BCUT2D eigenvalue weighted by Crippen LogP contribution is -2.45. The number of rotatable bonds is 5. The second-order valence-corrected chi connectivity index (χ2v) is 7.86. The second kappa shape index (κ2) is 7.27. The van der Waals surface area contributed by atoms with E-state index in [1.165, 1.54) is 12.7 Å². The molecule has 1 fully saturated rings. The lowest BCUT2D eigenvalue weighted by molar-refractivity contribution is 0.0599. The van der Waals surface area contributed by atoms with Crippen LogP contribution in [0.15, 0.2) is 28.7 Å². The Hall–Kier alpha value is -2.08. The molecule has 0 saturated heterocycles. The number of ether oxygens (including phenoxy) is 1. The number of nitrogens with one attached hydrogen (secondary N) is 2. The summed E-state index contributed by atoms with van der Waals surface area (Å²) in [6, 6.07) is 8.29. The number of methoxy groups -OCH3 is 1. The summed E-state index contributed by atoms with van der Waals surface area (Å²) in [5.74, 6) is -0.623. The van der Waals surface area contributed by atoms with Crippen molar-refractivity contribution in [1.29, 1.82) is 0 Å². The topological polar surface area (TPSA) is 71.2 Å². The van der Waals surface area contributed by atoms with E-state index in [4.69, 9.17) is 4.74 Å². The molecular formula is C20H23BrN2O3. The number of hydrogen-bond acceptors (Lipinski definition) is 3. The van der Waals surface area contributed by atoms with Crippen molar-refractivity contribution in [1.82, 2.24) is 10.3 Å². The summed E-state index contributed by atoms with van der Waals surface area (Å²) >= 11 is 3.53. The molecule has 5 nitrogen and oxygen atoms in total. The predicted molar refractivity (Wildman–Crippen MR) is 104 cm³/mol. The number of aromatic amines is 1. The van der Waals surface area contributed by atoms with E-state index in [-0.39, 0.29) is 11.3 Å². The minimum atomic E-state index is -0.431. The molecule has 0 bridgehead atoms. The number of halogens is 1. The maximum absolute atomic E-state index is 12.7. The molecule has 0 atom stereocenters. The van der Waals surface area contributed by atoms with Gasteiger partial charge in [0.15, 0.2) is 0 Å². The van der Waals surface area contributed by atoms with Crippen LogP contribution >= 0.6 is 15.9 Å². The quantitative estimate of drug-likeness (QED) is 0.719. The van der Waals surface area contributed by atoms with Gasteiger partial charge in [0.2, 0.25) is 0 Å². The standard InChI is InChI=1S/C20H23BrN2O3/c1-12-16(19(25)26-3)13(2)23-17(12)18(24)22-11-20(8-5-9-20)14-6-4-7-15(21)10-14/h4,6-7,10,23H,5,8-9,11H2,1-3H3,(H,22,24). The van der Waals surface area contributed by atoms with E-state index < -0.39 is 5.97 Å². The van der Waals surface area contributed by atoms with Crippen LogP contribution < -0.4 is 5.32 Å². The first-order valence-electron chi connectivity index (χ1n) is 8.70. The van der Waals surface area contributed by atoms with E-state index in [0.29, 0.717) is 29.1 Å². The third-order valence-electron chi connectivity index (χ3n) is 5.39. The summed E-state index contributed by atoms with van der Waals surface area (Å²) in [4.78, 5) is 27.7. The van der Waals surface area contributed by atoms with Crippen molar-refractivity contribution in [2.45, 2.75) is 38.5 Å². The average Bonchev–Trinajstić information content (AvgIpc) is 2.88. The molecule has 1 amide bonds. The monoisotopic (exact) mass is 418 g/mol. The van der Waals surface area contributed by atoms with Gasteiger partial charge in [-0.25, -0.2) is 4.79 Å². The Morgan fingerprint density at radius 2 is 2.04 bits per heavy atom. The fourth-order valence-corrected chi connectivity index (χ4v) is 4.11. The van der Waals surface area contributed by atoms with Crippen molar-refractivity contribution >= 4 is 27.8 Å². The Bertz CT molecular complexity index is 853. The number of hydrogen-bond donors (Lipinski definition) is 2. The molecule has 1 aliphatic rings. The zero-order chi connectivity index (χ0) is 18.9. The second-order valence-electron chi connectivity index (χ2n) is 6.94. The molecule has 0 aliphatic heterocycles. The molecule has 26 heavy (non-hydrogen) atoms. The highest BCUT2D eigenvalue weighted by molar-refractivity contribution is 9.10. The first-order valence-corrected chi connectivity index (χ1v) is 9.49. The molecule has 2 aromatic rings. The molecule has 2 N–H and O–H groups in total. The normalized spacial score (nSPS) is 15.2. The summed E-state index contributed by atoms with van der Waals surface area (Å²) in [7, 11) is 1.34. The summed E-state index contributed by atoms with van der Waals surface area (Å²) in [6.45, 7) is 4.11. The molecule has 6 heteroatoms. The fraction of sp³-hybridized carbons (Fsp3) is 0.400. The van der Waals surface area contributed by atoms with Crippen molar-refractivity contribution in [3.63, 3.8) is 0 Å².